The number of likely N-dealkylation sites (tertiary alicyclic amines) is 1. The Balaban J connectivity index is 1.47. The first-order valence-electron chi connectivity index (χ1n) is 11.1. The van der Waals surface area contributed by atoms with Gasteiger partial charge < -0.3 is 20.6 Å². The summed E-state index contributed by atoms with van der Waals surface area (Å²) in [4.78, 5) is 40.1. The van der Waals surface area contributed by atoms with Gasteiger partial charge in [-0.2, -0.15) is 5.10 Å². The van der Waals surface area contributed by atoms with Crippen LogP contribution >= 0.6 is 0 Å². The molecule has 3 amide bonds. The van der Waals surface area contributed by atoms with Crippen molar-refractivity contribution in [3.63, 3.8) is 0 Å². The van der Waals surface area contributed by atoms with Crippen molar-refractivity contribution in [2.75, 3.05) is 20.1 Å². The first kappa shape index (κ1) is 21.2. The van der Waals surface area contributed by atoms with Crippen LogP contribution in [0.3, 0.4) is 0 Å². The highest BCUT2D eigenvalue weighted by molar-refractivity contribution is 5.93. The molecule has 9 heteroatoms. The van der Waals surface area contributed by atoms with Crippen molar-refractivity contribution in [2.45, 2.75) is 37.8 Å². The van der Waals surface area contributed by atoms with Crippen LogP contribution in [0.1, 0.15) is 46.6 Å². The van der Waals surface area contributed by atoms with Crippen LogP contribution in [0, 0.1) is 17.8 Å². The van der Waals surface area contributed by atoms with Crippen molar-refractivity contribution < 1.29 is 19.5 Å². The number of fused-ring (bicyclic) bond motifs is 1. The molecule has 3 N–H and O–H groups in total. The van der Waals surface area contributed by atoms with Crippen molar-refractivity contribution in [1.29, 1.82) is 0 Å². The van der Waals surface area contributed by atoms with Gasteiger partial charge in [0.2, 0.25) is 11.5 Å². The van der Waals surface area contributed by atoms with Crippen molar-refractivity contribution >= 4 is 17.7 Å². The number of benzene rings is 1. The number of hydrogen-bond acceptors (Lipinski definition) is 5. The van der Waals surface area contributed by atoms with E-state index in [4.69, 9.17) is 5.73 Å². The van der Waals surface area contributed by atoms with Crippen molar-refractivity contribution in [1.82, 2.24) is 19.6 Å². The smallest absolute Gasteiger partial charge is 0.269 e. The fourth-order valence-corrected chi connectivity index (χ4v) is 4.47. The molecule has 3 aliphatic rings. The minimum atomic E-state index is -1.67. The summed E-state index contributed by atoms with van der Waals surface area (Å²) in [6, 6.07) is 7.22. The van der Waals surface area contributed by atoms with Gasteiger partial charge in [0.25, 0.3) is 11.8 Å². The van der Waals surface area contributed by atoms with Gasteiger partial charge in [-0.1, -0.05) is 17.9 Å². The maximum absolute atomic E-state index is 12.5. The minimum absolute atomic E-state index is 0.107. The van der Waals surface area contributed by atoms with E-state index in [1.54, 1.807) is 34.8 Å². The lowest BCUT2D eigenvalue weighted by Crippen LogP contribution is -2.37. The zero-order valence-electron chi connectivity index (χ0n) is 18.4. The third-order valence-corrected chi connectivity index (χ3v) is 6.54. The van der Waals surface area contributed by atoms with E-state index < -0.39 is 17.4 Å². The molecule has 2 aliphatic heterocycles. The van der Waals surface area contributed by atoms with Crippen LogP contribution in [0.15, 0.2) is 24.3 Å². The van der Waals surface area contributed by atoms with Gasteiger partial charge in [-0.3, -0.25) is 14.4 Å². The number of likely N-dealkylation sites (N-methyl/N-ethyl adjacent to an activating group) is 1. The molecule has 170 valence electrons. The fourth-order valence-electron chi connectivity index (χ4n) is 4.47. The zero-order chi connectivity index (χ0) is 23.3. The number of aliphatic hydroxyl groups is 1. The lowest BCUT2D eigenvalue weighted by Gasteiger charge is -2.28. The Morgan fingerprint density at radius 2 is 2.06 bits per heavy atom. The highest BCUT2D eigenvalue weighted by Crippen LogP contribution is 2.34. The van der Waals surface area contributed by atoms with Crippen LogP contribution in [0.2, 0.25) is 0 Å². The van der Waals surface area contributed by atoms with Crippen LogP contribution < -0.4 is 5.73 Å². The molecule has 1 atom stereocenters. The highest BCUT2D eigenvalue weighted by atomic mass is 16.3. The summed E-state index contributed by atoms with van der Waals surface area (Å²) in [5.41, 5.74) is 6.93. The Kier molecular flexibility index (Phi) is 4.98. The van der Waals surface area contributed by atoms with E-state index >= 15 is 0 Å². The molecule has 9 nitrogen and oxygen atoms in total. The van der Waals surface area contributed by atoms with Gasteiger partial charge in [0.05, 0.1) is 11.4 Å². The number of primary amides is 1. The molecule has 0 radical (unpaired) electrons. The van der Waals surface area contributed by atoms with Gasteiger partial charge in [-0.15, -0.1) is 0 Å². The molecule has 1 aromatic carbocycles. The molecule has 1 aliphatic carbocycles. The molecule has 0 spiro atoms. The van der Waals surface area contributed by atoms with Gasteiger partial charge in [0.1, 0.15) is 0 Å². The molecular weight excluding hydrogens is 422 g/mol. The number of hydrogen-bond donors (Lipinski definition) is 2. The summed E-state index contributed by atoms with van der Waals surface area (Å²) in [7, 11) is 1.64. The molecule has 2 fully saturated rings. The summed E-state index contributed by atoms with van der Waals surface area (Å²) in [5.74, 6) is 4.83. The Labute approximate surface area is 191 Å². The van der Waals surface area contributed by atoms with E-state index in [0.29, 0.717) is 42.9 Å². The monoisotopic (exact) mass is 447 g/mol. The standard InChI is InChI=1S/C24H25N5O4/c1-27-12-10-24(33,23(27)32)9-7-15-3-2-4-17(13-15)29-19-8-11-28(22(31)16-5-6-16)14-18(19)20(26-29)21(25)30/h2-4,13,16,33H,5-6,8,10-12,14H2,1H3,(H2,25,30)/t24-/m0/s1. The van der Waals surface area contributed by atoms with E-state index in [1.807, 2.05) is 6.07 Å². The molecule has 1 saturated carbocycles. The van der Waals surface area contributed by atoms with Crippen LogP contribution in [0.4, 0.5) is 0 Å². The first-order valence-corrected chi connectivity index (χ1v) is 11.1. The number of amides is 3. The van der Waals surface area contributed by atoms with Crippen LogP contribution in [-0.4, -0.2) is 68.1 Å². The summed E-state index contributed by atoms with van der Waals surface area (Å²) < 4.78 is 1.68. The molecule has 3 heterocycles. The number of rotatable bonds is 3. The van der Waals surface area contributed by atoms with E-state index in [1.165, 1.54) is 4.90 Å². The molecule has 33 heavy (non-hydrogen) atoms. The fraction of sp³-hybridized carbons (Fsp3) is 0.417. The Morgan fingerprint density at radius 1 is 1.27 bits per heavy atom. The lowest BCUT2D eigenvalue weighted by molar-refractivity contribution is -0.137. The maximum atomic E-state index is 12.5. The highest BCUT2D eigenvalue weighted by Gasteiger charge is 2.42. The Bertz CT molecular complexity index is 1240. The number of nitrogens with two attached hydrogens (primary N) is 1. The maximum Gasteiger partial charge on any atom is 0.269 e. The lowest BCUT2D eigenvalue weighted by atomic mass is 10.0. The van der Waals surface area contributed by atoms with Crippen molar-refractivity contribution in [3.05, 3.63) is 46.8 Å². The normalized spacial score (nSPS) is 22.1. The van der Waals surface area contributed by atoms with E-state index in [-0.39, 0.29) is 23.9 Å². The van der Waals surface area contributed by atoms with Crippen LogP contribution in [0.25, 0.3) is 5.69 Å². The Morgan fingerprint density at radius 3 is 2.73 bits per heavy atom. The topological polar surface area (TPSA) is 122 Å². The van der Waals surface area contributed by atoms with Gasteiger partial charge >= 0.3 is 0 Å². The summed E-state index contributed by atoms with van der Waals surface area (Å²) in [6.45, 7) is 1.35. The van der Waals surface area contributed by atoms with Gasteiger partial charge in [-0.05, 0) is 31.0 Å². The second-order valence-electron chi connectivity index (χ2n) is 8.97. The van der Waals surface area contributed by atoms with Gasteiger partial charge in [-0.25, -0.2) is 4.68 Å². The predicted octanol–water partition coefficient (Wildman–Crippen LogP) is 0.211. The average molecular weight is 447 g/mol. The average Bonchev–Trinajstić information content (AvgIpc) is 3.54. The van der Waals surface area contributed by atoms with E-state index in [0.717, 1.165) is 18.5 Å². The molecule has 2 aromatic rings. The largest absolute Gasteiger partial charge is 0.369 e. The number of carbonyl (C=O) groups excluding carboxylic acids is 3. The molecule has 5 rings (SSSR count). The third-order valence-electron chi connectivity index (χ3n) is 6.54. The Hall–Kier alpha value is -3.64. The number of carbonyl (C=O) groups is 3. The summed E-state index contributed by atoms with van der Waals surface area (Å²) >= 11 is 0. The first-order chi connectivity index (χ1) is 15.8. The third kappa shape index (κ3) is 3.76. The van der Waals surface area contributed by atoms with E-state index in [2.05, 4.69) is 16.9 Å². The molecule has 1 aromatic heterocycles. The van der Waals surface area contributed by atoms with Gasteiger partial charge in [0, 0.05) is 56.6 Å². The number of aromatic nitrogens is 2. The van der Waals surface area contributed by atoms with E-state index in [9.17, 15) is 19.5 Å². The van der Waals surface area contributed by atoms with Crippen LogP contribution in [-0.2, 0) is 22.6 Å². The molecular formula is C24H25N5O4. The van der Waals surface area contributed by atoms with Crippen molar-refractivity contribution in [2.24, 2.45) is 11.7 Å². The molecule has 1 saturated heterocycles. The predicted molar refractivity (Wildman–Crippen MR) is 118 cm³/mol. The minimum Gasteiger partial charge on any atom is -0.369 e. The molecule has 0 unspecified atom stereocenters. The second kappa shape index (κ2) is 7.74. The second-order valence-corrected chi connectivity index (χ2v) is 8.97. The number of nitrogens with zero attached hydrogens (tertiary/aromatic N) is 4. The zero-order valence-corrected chi connectivity index (χ0v) is 18.4. The van der Waals surface area contributed by atoms with Gasteiger partial charge in [0.15, 0.2) is 5.69 Å². The molecule has 0 bridgehead atoms. The summed E-state index contributed by atoms with van der Waals surface area (Å²) in [6.07, 6.45) is 2.67. The SMILES string of the molecule is CN1CC[C@@](O)(C#Cc2cccc(-n3nc(C(N)=O)c4c3CCN(C(=O)C3CC3)C4)c2)C1=O. The van der Waals surface area contributed by atoms with Crippen molar-refractivity contribution in [3.8, 4) is 17.5 Å². The summed E-state index contributed by atoms with van der Waals surface area (Å²) in [5, 5.41) is 15.0. The van der Waals surface area contributed by atoms with Crippen LogP contribution in [0.5, 0.6) is 0 Å². The quantitative estimate of drug-likeness (QED) is 0.652.